The van der Waals surface area contributed by atoms with Crippen molar-refractivity contribution in [3.8, 4) is 0 Å². The molecule has 0 fully saturated rings. The highest BCUT2D eigenvalue weighted by Crippen LogP contribution is 2.45. The summed E-state index contributed by atoms with van der Waals surface area (Å²) in [4.78, 5) is 72.3. The third-order valence-corrected chi connectivity index (χ3v) is 17.6. The fourth-order valence-electron chi connectivity index (χ4n) is 10.2. The van der Waals surface area contributed by atoms with E-state index in [1.165, 1.54) is 161 Å². The molecule has 87 heavy (non-hydrogen) atoms. The maximum Gasteiger partial charge on any atom is 0.472 e. The molecule has 0 radical (unpaired) electrons. The number of aliphatic hydroxyl groups is 1. The number of carbonyl (C=O) groups excluding carboxylic acids is 4. The second kappa shape index (κ2) is 60.3. The summed E-state index contributed by atoms with van der Waals surface area (Å²) in [6.45, 7) is 9.43. The molecule has 5 atom stereocenters. The molecule has 3 N–H and O–H groups in total. The molecule has 0 bridgehead atoms. The lowest BCUT2D eigenvalue weighted by atomic mass is 10.0. The largest absolute Gasteiger partial charge is 0.472 e. The summed E-state index contributed by atoms with van der Waals surface area (Å²) in [6, 6.07) is 0. The van der Waals surface area contributed by atoms with E-state index in [0.29, 0.717) is 31.6 Å². The summed E-state index contributed by atoms with van der Waals surface area (Å²) in [6.07, 6.45) is 44.6. The van der Waals surface area contributed by atoms with Gasteiger partial charge in [-0.3, -0.25) is 37.3 Å². The Morgan fingerprint density at radius 1 is 0.310 bits per heavy atom. The van der Waals surface area contributed by atoms with E-state index >= 15 is 0 Å². The van der Waals surface area contributed by atoms with E-state index in [2.05, 4.69) is 41.5 Å². The normalized spacial score (nSPS) is 14.2. The topological polar surface area (TPSA) is 237 Å². The number of phosphoric acid groups is 2. The average Bonchev–Trinajstić information content (AvgIpc) is 3.70. The number of unbranched alkanes of at least 4 members (excludes halogenated alkanes) is 37. The standard InChI is InChI=1S/C68H132O17P2/c1-7-9-11-13-15-17-18-19-20-21-24-29-33-40-46-52-67(72)84-63(56-79-66(71)51-45-39-32-28-25-22-23-27-30-36-42-48-60(3)4)58-82-86(74,75)80-54-62(69)55-81-87(76,77)83-59-64(85-68(73)53-47-41-35-34-37-43-49-61(5)6)57-78-65(70)50-44-38-31-26-16-14-12-10-8-2/h60-64,69H,7-59H2,1-6H3,(H,74,75)(H,76,77)/t62-,63-,64-/m1/s1. The second-order valence-electron chi connectivity index (χ2n) is 25.5. The zero-order valence-corrected chi connectivity index (χ0v) is 58.1. The number of esters is 4. The zero-order chi connectivity index (χ0) is 64.3. The van der Waals surface area contributed by atoms with Crippen LogP contribution in [-0.2, 0) is 65.4 Å². The third kappa shape index (κ3) is 62.6. The van der Waals surface area contributed by atoms with Crippen LogP contribution in [0.25, 0.3) is 0 Å². The first-order valence-electron chi connectivity index (χ1n) is 35.5. The van der Waals surface area contributed by atoms with Crippen LogP contribution in [0, 0.1) is 11.8 Å². The molecule has 0 aliphatic rings. The first-order chi connectivity index (χ1) is 41.9. The fourth-order valence-corrected chi connectivity index (χ4v) is 11.8. The lowest BCUT2D eigenvalue weighted by Crippen LogP contribution is -2.30. The van der Waals surface area contributed by atoms with Crippen LogP contribution in [-0.4, -0.2) is 96.7 Å². The molecule has 0 heterocycles. The monoisotopic (exact) mass is 1280 g/mol. The Morgan fingerprint density at radius 2 is 0.529 bits per heavy atom. The average molecular weight is 1280 g/mol. The van der Waals surface area contributed by atoms with E-state index < -0.39 is 97.5 Å². The molecule has 0 aromatic carbocycles. The Balaban J connectivity index is 5.22. The minimum Gasteiger partial charge on any atom is -0.462 e. The number of rotatable bonds is 67. The van der Waals surface area contributed by atoms with Crippen molar-refractivity contribution < 1.29 is 80.2 Å². The predicted octanol–water partition coefficient (Wildman–Crippen LogP) is 19.2. The van der Waals surface area contributed by atoms with Gasteiger partial charge in [-0.25, -0.2) is 9.13 Å². The van der Waals surface area contributed by atoms with Crippen LogP contribution in [0.4, 0.5) is 0 Å². The van der Waals surface area contributed by atoms with Gasteiger partial charge in [0.05, 0.1) is 26.4 Å². The molecule has 0 aromatic heterocycles. The van der Waals surface area contributed by atoms with Crippen molar-refractivity contribution >= 4 is 39.5 Å². The van der Waals surface area contributed by atoms with Crippen molar-refractivity contribution in [2.45, 2.75) is 362 Å². The Hall–Kier alpha value is -1.94. The molecular formula is C68H132O17P2. The van der Waals surface area contributed by atoms with Gasteiger partial charge >= 0.3 is 39.5 Å². The number of phosphoric ester groups is 2. The SMILES string of the molecule is CCCCCCCCCCCCCCCCCC(=O)O[C@H](COC(=O)CCCCCCCCCCCCCC(C)C)COP(=O)(O)OC[C@@H](O)COP(=O)(O)OC[C@@H](COC(=O)CCCCCCCCCCC)OC(=O)CCCCCCCCC(C)C. The first kappa shape index (κ1) is 85.1. The summed E-state index contributed by atoms with van der Waals surface area (Å²) < 4.78 is 68.1. The van der Waals surface area contributed by atoms with Gasteiger partial charge in [-0.2, -0.15) is 0 Å². The first-order valence-corrected chi connectivity index (χ1v) is 38.5. The predicted molar refractivity (Wildman–Crippen MR) is 349 cm³/mol. The Labute approximate surface area is 530 Å². The molecule has 0 saturated carbocycles. The number of aliphatic hydroxyl groups excluding tert-OH is 1. The lowest BCUT2D eigenvalue weighted by molar-refractivity contribution is -0.161. The van der Waals surface area contributed by atoms with Crippen LogP contribution in [0.5, 0.6) is 0 Å². The summed E-state index contributed by atoms with van der Waals surface area (Å²) in [5.74, 6) is -0.690. The minimum absolute atomic E-state index is 0.102. The van der Waals surface area contributed by atoms with Crippen LogP contribution >= 0.6 is 15.6 Å². The van der Waals surface area contributed by atoms with E-state index in [9.17, 15) is 43.2 Å². The molecule has 0 amide bonds. The molecule has 0 aliphatic carbocycles. The highest BCUT2D eigenvalue weighted by Gasteiger charge is 2.30. The Morgan fingerprint density at radius 3 is 0.782 bits per heavy atom. The van der Waals surface area contributed by atoms with Gasteiger partial charge in [0.15, 0.2) is 12.2 Å². The van der Waals surface area contributed by atoms with Crippen molar-refractivity contribution in [3.05, 3.63) is 0 Å². The van der Waals surface area contributed by atoms with E-state index in [1.54, 1.807) is 0 Å². The van der Waals surface area contributed by atoms with Gasteiger partial charge in [0.25, 0.3) is 0 Å². The number of hydrogen-bond acceptors (Lipinski definition) is 15. The fraction of sp³-hybridized carbons (Fsp3) is 0.941. The van der Waals surface area contributed by atoms with E-state index in [-0.39, 0.29) is 25.7 Å². The van der Waals surface area contributed by atoms with Gasteiger partial charge in [0, 0.05) is 25.7 Å². The van der Waals surface area contributed by atoms with Crippen LogP contribution in [0.2, 0.25) is 0 Å². The second-order valence-corrected chi connectivity index (χ2v) is 28.4. The van der Waals surface area contributed by atoms with E-state index in [0.717, 1.165) is 95.8 Å². The third-order valence-electron chi connectivity index (χ3n) is 15.7. The number of ether oxygens (including phenoxy) is 4. The van der Waals surface area contributed by atoms with E-state index in [1.807, 2.05) is 0 Å². The molecular weight excluding hydrogens is 1150 g/mol. The number of carbonyl (C=O) groups is 4. The molecule has 0 spiro atoms. The van der Waals surface area contributed by atoms with Crippen molar-refractivity contribution in [1.82, 2.24) is 0 Å². The summed E-state index contributed by atoms with van der Waals surface area (Å²) in [5.41, 5.74) is 0. The summed E-state index contributed by atoms with van der Waals surface area (Å²) >= 11 is 0. The van der Waals surface area contributed by atoms with Crippen molar-refractivity contribution in [1.29, 1.82) is 0 Å². The molecule has 516 valence electrons. The molecule has 0 aromatic rings. The smallest absolute Gasteiger partial charge is 0.462 e. The van der Waals surface area contributed by atoms with Gasteiger partial charge in [-0.15, -0.1) is 0 Å². The van der Waals surface area contributed by atoms with Gasteiger partial charge in [0.2, 0.25) is 0 Å². The quantitative estimate of drug-likeness (QED) is 0.0222. The Kier molecular flexibility index (Phi) is 59.0. The molecule has 0 rings (SSSR count). The summed E-state index contributed by atoms with van der Waals surface area (Å²) in [5, 5.41) is 10.6. The maximum absolute atomic E-state index is 13.0. The molecule has 0 saturated heterocycles. The zero-order valence-electron chi connectivity index (χ0n) is 56.3. The summed E-state index contributed by atoms with van der Waals surface area (Å²) in [7, 11) is -9.89. The van der Waals surface area contributed by atoms with Crippen LogP contribution < -0.4 is 0 Å². The van der Waals surface area contributed by atoms with Crippen LogP contribution in [0.3, 0.4) is 0 Å². The molecule has 19 heteroatoms. The Bertz CT molecular complexity index is 1700. The molecule has 0 aliphatic heterocycles. The van der Waals surface area contributed by atoms with Gasteiger partial charge in [-0.05, 0) is 37.5 Å². The van der Waals surface area contributed by atoms with Crippen molar-refractivity contribution in [2.75, 3.05) is 39.6 Å². The number of hydrogen-bond donors (Lipinski definition) is 3. The van der Waals surface area contributed by atoms with Gasteiger partial charge < -0.3 is 33.8 Å². The minimum atomic E-state index is -4.95. The van der Waals surface area contributed by atoms with Gasteiger partial charge in [-0.1, -0.05) is 292 Å². The highest BCUT2D eigenvalue weighted by atomic mass is 31.2. The molecule has 2 unspecified atom stereocenters. The van der Waals surface area contributed by atoms with Gasteiger partial charge in [0.1, 0.15) is 19.3 Å². The lowest BCUT2D eigenvalue weighted by Gasteiger charge is -2.21. The van der Waals surface area contributed by atoms with Crippen LogP contribution in [0.15, 0.2) is 0 Å². The van der Waals surface area contributed by atoms with Crippen molar-refractivity contribution in [2.24, 2.45) is 11.8 Å². The van der Waals surface area contributed by atoms with Crippen molar-refractivity contribution in [3.63, 3.8) is 0 Å². The van der Waals surface area contributed by atoms with Crippen LogP contribution in [0.1, 0.15) is 343 Å². The molecule has 17 nitrogen and oxygen atoms in total. The highest BCUT2D eigenvalue weighted by molar-refractivity contribution is 7.47. The maximum atomic E-state index is 13.0. The van der Waals surface area contributed by atoms with E-state index in [4.69, 9.17) is 37.0 Å².